The van der Waals surface area contributed by atoms with E-state index in [0.717, 1.165) is 10.0 Å². The number of rotatable bonds is 7. The Morgan fingerprint density at radius 1 is 1.26 bits per heavy atom. The van der Waals surface area contributed by atoms with Crippen LogP contribution in [0.4, 0.5) is 10.3 Å². The van der Waals surface area contributed by atoms with Gasteiger partial charge in [0.1, 0.15) is 12.4 Å². The highest BCUT2D eigenvalue weighted by Gasteiger charge is 2.12. The van der Waals surface area contributed by atoms with Gasteiger partial charge in [-0.3, -0.25) is 0 Å². The van der Waals surface area contributed by atoms with Crippen LogP contribution in [0.25, 0.3) is 0 Å². The Bertz CT molecular complexity index is 955. The summed E-state index contributed by atoms with van der Waals surface area (Å²) in [6.45, 7) is 0.553. The van der Waals surface area contributed by atoms with Crippen molar-refractivity contribution in [1.82, 2.24) is 20.3 Å². The molecule has 0 bridgehead atoms. The van der Waals surface area contributed by atoms with E-state index in [1.165, 1.54) is 24.0 Å². The summed E-state index contributed by atoms with van der Waals surface area (Å²) in [4.78, 5) is 1.26. The summed E-state index contributed by atoms with van der Waals surface area (Å²) in [7, 11) is 1.54. The van der Waals surface area contributed by atoms with Crippen LogP contribution < -0.4 is 20.6 Å². The van der Waals surface area contributed by atoms with Crippen LogP contribution in [-0.4, -0.2) is 27.4 Å². The molecule has 142 valence electrons. The van der Waals surface area contributed by atoms with Gasteiger partial charge in [-0.1, -0.05) is 38.7 Å². The van der Waals surface area contributed by atoms with Crippen molar-refractivity contribution < 1.29 is 13.9 Å². The zero-order chi connectivity index (χ0) is 19.4. The zero-order valence-corrected chi connectivity index (χ0v) is 16.5. The number of nitrogen functional groups attached to an aromatic ring is 1. The van der Waals surface area contributed by atoms with Crippen LogP contribution in [0.3, 0.4) is 0 Å². The van der Waals surface area contributed by atoms with Crippen molar-refractivity contribution in [3.63, 3.8) is 0 Å². The van der Waals surface area contributed by atoms with E-state index in [1.807, 2.05) is 0 Å². The van der Waals surface area contributed by atoms with E-state index in [9.17, 15) is 4.39 Å². The average molecular weight is 458 g/mol. The maximum Gasteiger partial charge on any atom is 0.260 e. The predicted octanol–water partition coefficient (Wildman–Crippen LogP) is 3.14. The number of halogens is 3. The molecule has 1 heterocycles. The van der Waals surface area contributed by atoms with Gasteiger partial charge in [-0.2, -0.15) is 0 Å². The molecule has 3 rings (SSSR count). The summed E-state index contributed by atoms with van der Waals surface area (Å²) in [6, 6.07) is 7.73. The van der Waals surface area contributed by atoms with E-state index < -0.39 is 5.82 Å². The lowest BCUT2D eigenvalue weighted by atomic mass is 10.2. The first-order chi connectivity index (χ1) is 13.0. The number of hydrogen-bond donors (Lipinski definition) is 2. The molecule has 3 aromatic rings. The second kappa shape index (κ2) is 8.40. The van der Waals surface area contributed by atoms with Gasteiger partial charge in [0.2, 0.25) is 0 Å². The zero-order valence-electron chi connectivity index (χ0n) is 14.1. The first-order valence-electron chi connectivity index (χ1n) is 7.69. The topological polar surface area (TPSA) is 100 Å². The van der Waals surface area contributed by atoms with Gasteiger partial charge in [-0.05, 0) is 40.3 Å². The number of nitrogens with one attached hydrogen (secondary N) is 1. The number of ether oxygens (including phenoxy) is 2. The number of aromatic nitrogens is 4. The molecule has 27 heavy (non-hydrogen) atoms. The van der Waals surface area contributed by atoms with Crippen molar-refractivity contribution in [2.24, 2.45) is 0 Å². The van der Waals surface area contributed by atoms with E-state index in [0.29, 0.717) is 28.6 Å². The summed E-state index contributed by atoms with van der Waals surface area (Å²) >= 11 is 9.53. The molecule has 0 unspecified atom stereocenters. The molecular formula is C16H15BrClFN6O2. The predicted molar refractivity (Wildman–Crippen MR) is 102 cm³/mol. The second-order valence-electron chi connectivity index (χ2n) is 5.40. The van der Waals surface area contributed by atoms with Gasteiger partial charge in [0.15, 0.2) is 11.5 Å². The maximum atomic E-state index is 13.1. The maximum absolute atomic E-state index is 13.1. The molecule has 0 amide bonds. The third-order valence-corrected chi connectivity index (χ3v) is 4.73. The van der Waals surface area contributed by atoms with Crippen molar-refractivity contribution in [2.75, 3.05) is 18.3 Å². The summed E-state index contributed by atoms with van der Waals surface area (Å²) < 4.78 is 25.1. The van der Waals surface area contributed by atoms with Gasteiger partial charge in [-0.15, -0.1) is 4.79 Å². The van der Waals surface area contributed by atoms with E-state index in [4.69, 9.17) is 26.8 Å². The number of methoxy groups -OCH3 is 1. The number of anilines is 1. The van der Waals surface area contributed by atoms with Crippen LogP contribution in [0.1, 0.15) is 11.1 Å². The number of nitrogens with zero attached hydrogens (tertiary/aromatic N) is 4. The summed E-state index contributed by atoms with van der Waals surface area (Å²) in [6.07, 6.45) is 0. The van der Waals surface area contributed by atoms with E-state index >= 15 is 0 Å². The highest BCUT2D eigenvalue weighted by Crippen LogP contribution is 2.34. The van der Waals surface area contributed by atoms with Crippen LogP contribution >= 0.6 is 27.5 Å². The van der Waals surface area contributed by atoms with Gasteiger partial charge < -0.3 is 20.6 Å². The minimum atomic E-state index is -0.399. The van der Waals surface area contributed by atoms with E-state index in [2.05, 4.69) is 36.9 Å². The third-order valence-electron chi connectivity index (χ3n) is 3.64. The molecule has 1 aromatic heterocycles. The summed E-state index contributed by atoms with van der Waals surface area (Å²) in [5.41, 5.74) is 10.1. The fourth-order valence-electron chi connectivity index (χ4n) is 2.25. The Morgan fingerprint density at radius 3 is 2.74 bits per heavy atom. The van der Waals surface area contributed by atoms with Gasteiger partial charge >= 0.3 is 0 Å². The van der Waals surface area contributed by atoms with Crippen molar-refractivity contribution in [2.45, 2.75) is 13.2 Å². The van der Waals surface area contributed by atoms with Crippen LogP contribution in [0, 0.1) is 5.82 Å². The standard InChI is InChI=1S/C16H15BrClFN6O2/c1-26-14-4-10(7-21-25-16(20)22-23-24-25)12(17)6-15(14)27-8-9-2-3-11(19)5-13(9)18/h2-6,21H,7-8H2,1H3,(H2,20,22,24). The molecule has 0 aliphatic heterocycles. The van der Waals surface area contributed by atoms with Crippen molar-refractivity contribution >= 4 is 33.5 Å². The minimum absolute atomic E-state index is 0.147. The number of nitrogens with two attached hydrogens (primary N) is 1. The van der Waals surface area contributed by atoms with Crippen LogP contribution in [0.2, 0.25) is 5.02 Å². The Balaban J connectivity index is 1.74. The molecule has 0 fully saturated rings. The van der Waals surface area contributed by atoms with E-state index in [-0.39, 0.29) is 12.6 Å². The van der Waals surface area contributed by atoms with Crippen LogP contribution in [-0.2, 0) is 13.2 Å². The molecule has 0 spiro atoms. The van der Waals surface area contributed by atoms with E-state index in [1.54, 1.807) is 18.2 Å². The average Bonchev–Trinajstić information content (AvgIpc) is 3.05. The van der Waals surface area contributed by atoms with Gasteiger partial charge in [0, 0.05) is 10.0 Å². The summed E-state index contributed by atoms with van der Waals surface area (Å²) in [5.74, 6) is 0.784. The monoisotopic (exact) mass is 456 g/mol. The first-order valence-corrected chi connectivity index (χ1v) is 8.86. The van der Waals surface area contributed by atoms with Gasteiger partial charge in [0.25, 0.3) is 5.95 Å². The normalized spacial score (nSPS) is 10.7. The molecule has 0 saturated carbocycles. The highest BCUT2D eigenvalue weighted by atomic mass is 79.9. The molecule has 0 saturated heterocycles. The smallest absolute Gasteiger partial charge is 0.260 e. The third kappa shape index (κ3) is 4.58. The van der Waals surface area contributed by atoms with Crippen LogP contribution in [0.15, 0.2) is 34.8 Å². The molecule has 0 aliphatic rings. The molecule has 0 aliphatic carbocycles. The minimum Gasteiger partial charge on any atom is -0.493 e. The highest BCUT2D eigenvalue weighted by molar-refractivity contribution is 9.10. The number of benzene rings is 2. The quantitative estimate of drug-likeness (QED) is 0.562. The molecule has 3 N–H and O–H groups in total. The van der Waals surface area contributed by atoms with Crippen molar-refractivity contribution in [3.05, 3.63) is 56.8 Å². The molecule has 8 nitrogen and oxygen atoms in total. The Hall–Kier alpha value is -2.59. The van der Waals surface area contributed by atoms with Crippen molar-refractivity contribution in [3.8, 4) is 11.5 Å². The molecule has 0 radical (unpaired) electrons. The largest absolute Gasteiger partial charge is 0.493 e. The second-order valence-corrected chi connectivity index (χ2v) is 6.66. The molecular weight excluding hydrogens is 443 g/mol. The molecule has 0 atom stereocenters. The van der Waals surface area contributed by atoms with Crippen LogP contribution in [0.5, 0.6) is 11.5 Å². The lowest BCUT2D eigenvalue weighted by Crippen LogP contribution is -2.18. The Kier molecular flexibility index (Phi) is 5.97. The number of hydrogen-bond acceptors (Lipinski definition) is 7. The fourth-order valence-corrected chi connectivity index (χ4v) is 2.93. The molecule has 2 aromatic carbocycles. The summed E-state index contributed by atoms with van der Waals surface area (Å²) in [5, 5.41) is 11.1. The Labute approximate surface area is 167 Å². The lowest BCUT2D eigenvalue weighted by Gasteiger charge is -2.15. The lowest BCUT2D eigenvalue weighted by molar-refractivity contribution is 0.284. The SMILES string of the molecule is COc1cc(CNn2nnnc2N)c(Br)cc1OCc1ccc(F)cc1Cl. The number of tetrazole rings is 1. The van der Waals surface area contributed by atoms with Crippen molar-refractivity contribution in [1.29, 1.82) is 0 Å². The molecule has 11 heteroatoms. The fraction of sp³-hybridized carbons (Fsp3) is 0.188. The first kappa shape index (κ1) is 19.2. The van der Waals surface area contributed by atoms with Gasteiger partial charge in [-0.25, -0.2) is 4.39 Å². The Morgan fingerprint density at radius 2 is 2.07 bits per heavy atom. The van der Waals surface area contributed by atoms with Gasteiger partial charge in [0.05, 0.1) is 18.7 Å².